The van der Waals surface area contributed by atoms with E-state index in [0.29, 0.717) is 23.1 Å². The standard InChI is InChI=1S/C12H14BrNO4/c13-9-8(3-6-18-9)10(15)14-7-12(11(16)17)4-1-2-5-12/h3,6H,1-2,4-5,7H2,(H,14,15)(H,16,17). The summed E-state index contributed by atoms with van der Waals surface area (Å²) >= 11 is 3.12. The third kappa shape index (κ3) is 2.43. The second kappa shape index (κ2) is 5.14. The van der Waals surface area contributed by atoms with Crippen molar-refractivity contribution in [3.8, 4) is 0 Å². The van der Waals surface area contributed by atoms with Crippen LogP contribution in [-0.2, 0) is 4.79 Å². The Morgan fingerprint density at radius 3 is 2.61 bits per heavy atom. The molecular formula is C12H14BrNO4. The van der Waals surface area contributed by atoms with Crippen molar-refractivity contribution in [3.05, 3.63) is 22.6 Å². The van der Waals surface area contributed by atoms with Crippen molar-refractivity contribution in [1.29, 1.82) is 0 Å². The van der Waals surface area contributed by atoms with Gasteiger partial charge in [-0.05, 0) is 34.8 Å². The van der Waals surface area contributed by atoms with Crippen LogP contribution in [0.3, 0.4) is 0 Å². The second-order valence-electron chi connectivity index (χ2n) is 4.58. The number of amides is 1. The number of hydrogen-bond donors (Lipinski definition) is 2. The lowest BCUT2D eigenvalue weighted by molar-refractivity contribution is -0.148. The quantitative estimate of drug-likeness (QED) is 0.894. The van der Waals surface area contributed by atoms with E-state index in [0.717, 1.165) is 12.8 Å². The SMILES string of the molecule is O=C(NCC1(C(=O)O)CCCC1)c1ccoc1Br. The van der Waals surface area contributed by atoms with Crippen molar-refractivity contribution >= 4 is 27.8 Å². The maximum absolute atomic E-state index is 11.9. The fourth-order valence-corrected chi connectivity index (χ4v) is 2.74. The van der Waals surface area contributed by atoms with Gasteiger partial charge in [0.05, 0.1) is 17.2 Å². The monoisotopic (exact) mass is 315 g/mol. The summed E-state index contributed by atoms with van der Waals surface area (Å²) in [6, 6.07) is 1.54. The molecule has 1 heterocycles. The number of hydrogen-bond acceptors (Lipinski definition) is 3. The number of rotatable bonds is 4. The molecule has 2 N–H and O–H groups in total. The predicted molar refractivity (Wildman–Crippen MR) is 67.3 cm³/mol. The predicted octanol–water partition coefficient (Wildman–Crippen LogP) is 2.42. The first kappa shape index (κ1) is 13.1. The highest BCUT2D eigenvalue weighted by molar-refractivity contribution is 9.10. The van der Waals surface area contributed by atoms with Crippen LogP contribution in [0.15, 0.2) is 21.4 Å². The molecule has 1 fully saturated rings. The third-order valence-corrected chi connectivity index (χ3v) is 4.08. The lowest BCUT2D eigenvalue weighted by Crippen LogP contribution is -2.41. The summed E-state index contributed by atoms with van der Waals surface area (Å²) < 4.78 is 5.33. The summed E-state index contributed by atoms with van der Waals surface area (Å²) in [7, 11) is 0. The van der Waals surface area contributed by atoms with Crippen molar-refractivity contribution in [1.82, 2.24) is 5.32 Å². The van der Waals surface area contributed by atoms with Gasteiger partial charge >= 0.3 is 5.97 Å². The highest BCUT2D eigenvalue weighted by atomic mass is 79.9. The number of carboxylic acids is 1. The van der Waals surface area contributed by atoms with Crippen molar-refractivity contribution in [2.45, 2.75) is 25.7 Å². The van der Waals surface area contributed by atoms with Crippen LogP contribution in [0, 0.1) is 5.41 Å². The normalized spacial score (nSPS) is 17.6. The van der Waals surface area contributed by atoms with E-state index in [9.17, 15) is 14.7 Å². The Labute approximate surface area is 113 Å². The zero-order valence-corrected chi connectivity index (χ0v) is 11.3. The van der Waals surface area contributed by atoms with Gasteiger partial charge in [0.1, 0.15) is 0 Å². The molecule has 0 atom stereocenters. The molecule has 0 bridgehead atoms. The second-order valence-corrected chi connectivity index (χ2v) is 5.30. The number of carboxylic acid groups (broad SMARTS) is 1. The molecule has 0 saturated heterocycles. The number of carbonyl (C=O) groups is 2. The summed E-state index contributed by atoms with van der Waals surface area (Å²) in [6.45, 7) is 0.165. The van der Waals surface area contributed by atoms with Gasteiger partial charge in [-0.3, -0.25) is 9.59 Å². The van der Waals surface area contributed by atoms with Gasteiger partial charge in [0, 0.05) is 6.54 Å². The van der Waals surface area contributed by atoms with Crippen LogP contribution < -0.4 is 5.32 Å². The average Bonchev–Trinajstić information content (AvgIpc) is 2.95. The summed E-state index contributed by atoms with van der Waals surface area (Å²) in [4.78, 5) is 23.2. The van der Waals surface area contributed by atoms with Crippen LogP contribution in [0.2, 0.25) is 0 Å². The molecular weight excluding hydrogens is 302 g/mol. The Morgan fingerprint density at radius 1 is 1.44 bits per heavy atom. The van der Waals surface area contributed by atoms with E-state index in [-0.39, 0.29) is 12.5 Å². The maximum atomic E-state index is 11.9. The summed E-state index contributed by atoms with van der Waals surface area (Å²) in [5, 5.41) is 12.0. The molecule has 6 heteroatoms. The van der Waals surface area contributed by atoms with E-state index in [4.69, 9.17) is 4.42 Å². The molecule has 98 valence electrons. The number of furan rings is 1. The summed E-state index contributed by atoms with van der Waals surface area (Å²) in [5.41, 5.74) is -0.417. The Kier molecular flexibility index (Phi) is 3.75. The molecule has 2 rings (SSSR count). The Bertz CT molecular complexity index is 462. The van der Waals surface area contributed by atoms with Gasteiger partial charge in [0.2, 0.25) is 0 Å². The smallest absolute Gasteiger partial charge is 0.311 e. The van der Waals surface area contributed by atoms with Crippen molar-refractivity contribution in [2.75, 3.05) is 6.54 Å². The third-order valence-electron chi connectivity index (χ3n) is 3.46. The zero-order valence-electron chi connectivity index (χ0n) is 9.74. The van der Waals surface area contributed by atoms with Gasteiger partial charge in [-0.25, -0.2) is 0 Å². The molecule has 1 aromatic rings. The van der Waals surface area contributed by atoms with Gasteiger partial charge in [-0.2, -0.15) is 0 Å². The van der Waals surface area contributed by atoms with Crippen LogP contribution in [0.4, 0.5) is 0 Å². The molecule has 0 radical (unpaired) electrons. The molecule has 1 aliphatic carbocycles. The highest BCUT2D eigenvalue weighted by Gasteiger charge is 2.41. The first-order chi connectivity index (χ1) is 8.55. The van der Waals surface area contributed by atoms with E-state index >= 15 is 0 Å². The Morgan fingerprint density at radius 2 is 2.11 bits per heavy atom. The maximum Gasteiger partial charge on any atom is 0.311 e. The van der Waals surface area contributed by atoms with Crippen LogP contribution in [-0.4, -0.2) is 23.5 Å². The van der Waals surface area contributed by atoms with Crippen LogP contribution in [0.1, 0.15) is 36.0 Å². The van der Waals surface area contributed by atoms with E-state index < -0.39 is 11.4 Å². The summed E-state index contributed by atoms with van der Waals surface area (Å²) in [6.07, 6.45) is 4.45. The number of halogens is 1. The first-order valence-electron chi connectivity index (χ1n) is 5.80. The molecule has 18 heavy (non-hydrogen) atoms. The van der Waals surface area contributed by atoms with Crippen LogP contribution in [0.5, 0.6) is 0 Å². The number of nitrogens with one attached hydrogen (secondary N) is 1. The van der Waals surface area contributed by atoms with Crippen molar-refractivity contribution in [3.63, 3.8) is 0 Å². The van der Waals surface area contributed by atoms with Crippen molar-refractivity contribution < 1.29 is 19.1 Å². The topological polar surface area (TPSA) is 79.5 Å². The van der Waals surface area contributed by atoms with E-state index in [1.54, 1.807) is 6.07 Å². The van der Waals surface area contributed by atoms with Crippen LogP contribution >= 0.6 is 15.9 Å². The minimum absolute atomic E-state index is 0.165. The van der Waals surface area contributed by atoms with E-state index in [1.165, 1.54) is 6.26 Å². The summed E-state index contributed by atoms with van der Waals surface area (Å²) in [5.74, 6) is -1.14. The van der Waals surface area contributed by atoms with E-state index in [2.05, 4.69) is 21.2 Å². The first-order valence-corrected chi connectivity index (χ1v) is 6.59. The lowest BCUT2D eigenvalue weighted by atomic mass is 9.86. The number of aliphatic carboxylic acids is 1. The minimum atomic E-state index is -0.827. The van der Waals surface area contributed by atoms with Gasteiger partial charge < -0.3 is 14.8 Å². The zero-order chi connectivity index (χ0) is 13.2. The fourth-order valence-electron chi connectivity index (χ4n) is 2.32. The molecule has 0 aliphatic heterocycles. The highest BCUT2D eigenvalue weighted by Crippen LogP contribution is 2.37. The largest absolute Gasteiger partial charge is 0.481 e. The van der Waals surface area contributed by atoms with Crippen molar-refractivity contribution in [2.24, 2.45) is 5.41 Å². The van der Waals surface area contributed by atoms with Gasteiger partial charge in [-0.1, -0.05) is 12.8 Å². The molecule has 5 nitrogen and oxygen atoms in total. The van der Waals surface area contributed by atoms with E-state index in [1.807, 2.05) is 0 Å². The fraction of sp³-hybridized carbons (Fsp3) is 0.500. The van der Waals surface area contributed by atoms with Gasteiger partial charge in [-0.15, -0.1) is 0 Å². The molecule has 1 amide bonds. The Balaban J connectivity index is 2.01. The average molecular weight is 316 g/mol. The Hall–Kier alpha value is -1.30. The minimum Gasteiger partial charge on any atom is -0.481 e. The van der Waals surface area contributed by atoms with Crippen LogP contribution in [0.25, 0.3) is 0 Å². The molecule has 0 unspecified atom stereocenters. The molecule has 1 aliphatic rings. The van der Waals surface area contributed by atoms with Gasteiger partial charge in [0.15, 0.2) is 4.67 Å². The molecule has 0 aromatic carbocycles. The molecule has 0 spiro atoms. The lowest BCUT2D eigenvalue weighted by Gasteiger charge is -2.23. The van der Waals surface area contributed by atoms with Gasteiger partial charge in [0.25, 0.3) is 5.91 Å². The molecule has 1 aromatic heterocycles. The number of carbonyl (C=O) groups excluding carboxylic acids is 1. The molecule has 1 saturated carbocycles.